The number of carbonyl (C=O) groups is 3. The summed E-state index contributed by atoms with van der Waals surface area (Å²) in [6.45, 7) is -0.847. The number of halogens is 2. The summed E-state index contributed by atoms with van der Waals surface area (Å²) in [5.74, 6) is -1.11. The molecule has 0 aliphatic carbocycles. The molecule has 0 bridgehead atoms. The van der Waals surface area contributed by atoms with E-state index in [-0.39, 0.29) is 17.9 Å². The van der Waals surface area contributed by atoms with Crippen molar-refractivity contribution in [3.05, 3.63) is 81.8 Å². The summed E-state index contributed by atoms with van der Waals surface area (Å²) in [6.07, 6.45) is 0. The standard InChI is InChI=1S/C24H20BrClN2O6/c1-32-21-11-10-17(12-19(21)26)28-23(30)14-34-24(31)18-4-2-3-5-20(18)33-13-22(29)27-16-8-6-15(25)7-9-16/h2-12H,13-14H2,1H3,(H,27,29)(H,28,30). The third kappa shape index (κ3) is 7.23. The topological polar surface area (TPSA) is 103 Å². The molecule has 0 saturated heterocycles. The number of anilines is 2. The molecule has 0 aliphatic heterocycles. The number of para-hydroxylation sites is 1. The lowest BCUT2D eigenvalue weighted by Crippen LogP contribution is -2.22. The van der Waals surface area contributed by atoms with E-state index in [2.05, 4.69) is 26.6 Å². The van der Waals surface area contributed by atoms with Crippen LogP contribution in [0.15, 0.2) is 71.2 Å². The Bertz CT molecular complexity index is 1190. The highest BCUT2D eigenvalue weighted by Gasteiger charge is 2.16. The zero-order chi connectivity index (χ0) is 24.5. The molecule has 176 valence electrons. The number of rotatable bonds is 9. The molecule has 0 spiro atoms. The van der Waals surface area contributed by atoms with E-state index in [1.807, 2.05) is 0 Å². The molecule has 3 aromatic rings. The molecule has 34 heavy (non-hydrogen) atoms. The van der Waals surface area contributed by atoms with Crippen LogP contribution < -0.4 is 20.1 Å². The second-order valence-corrected chi connectivity index (χ2v) is 8.14. The maximum absolute atomic E-state index is 12.5. The molecule has 2 amide bonds. The Balaban J connectivity index is 1.53. The Morgan fingerprint density at radius 1 is 0.853 bits per heavy atom. The SMILES string of the molecule is COc1ccc(NC(=O)COC(=O)c2ccccc2OCC(=O)Nc2ccc(Br)cc2)cc1Cl. The molecular weight excluding hydrogens is 528 g/mol. The second-order valence-electron chi connectivity index (χ2n) is 6.81. The number of amides is 2. The van der Waals surface area contributed by atoms with Crippen LogP contribution in [0.25, 0.3) is 0 Å². The highest BCUT2D eigenvalue weighted by atomic mass is 79.9. The van der Waals surface area contributed by atoms with Gasteiger partial charge in [0.1, 0.15) is 17.1 Å². The molecule has 3 aromatic carbocycles. The van der Waals surface area contributed by atoms with Crippen molar-refractivity contribution in [3.8, 4) is 11.5 Å². The fourth-order valence-electron chi connectivity index (χ4n) is 2.78. The summed E-state index contributed by atoms with van der Waals surface area (Å²) in [5.41, 5.74) is 1.11. The van der Waals surface area contributed by atoms with Crippen molar-refractivity contribution in [2.45, 2.75) is 0 Å². The van der Waals surface area contributed by atoms with E-state index in [0.29, 0.717) is 22.1 Å². The maximum Gasteiger partial charge on any atom is 0.342 e. The van der Waals surface area contributed by atoms with Crippen molar-refractivity contribution >= 4 is 56.7 Å². The number of hydrogen-bond acceptors (Lipinski definition) is 6. The van der Waals surface area contributed by atoms with Gasteiger partial charge in [-0.25, -0.2) is 4.79 Å². The van der Waals surface area contributed by atoms with Crippen molar-refractivity contribution in [3.63, 3.8) is 0 Å². The van der Waals surface area contributed by atoms with E-state index in [1.165, 1.54) is 25.3 Å². The van der Waals surface area contributed by atoms with E-state index in [9.17, 15) is 14.4 Å². The monoisotopic (exact) mass is 546 g/mol. The van der Waals surface area contributed by atoms with E-state index in [0.717, 1.165) is 4.47 Å². The van der Waals surface area contributed by atoms with Gasteiger partial charge in [0.05, 0.1) is 12.1 Å². The van der Waals surface area contributed by atoms with E-state index >= 15 is 0 Å². The summed E-state index contributed by atoms with van der Waals surface area (Å²) < 4.78 is 16.5. The van der Waals surface area contributed by atoms with E-state index in [4.69, 9.17) is 25.8 Å². The average molecular weight is 548 g/mol. The van der Waals surface area contributed by atoms with Gasteiger partial charge in [-0.2, -0.15) is 0 Å². The van der Waals surface area contributed by atoms with Crippen molar-refractivity contribution in [1.82, 2.24) is 0 Å². The zero-order valence-corrected chi connectivity index (χ0v) is 20.3. The van der Waals surface area contributed by atoms with Gasteiger partial charge >= 0.3 is 5.97 Å². The molecule has 8 nitrogen and oxygen atoms in total. The smallest absolute Gasteiger partial charge is 0.342 e. The van der Waals surface area contributed by atoms with Crippen molar-refractivity contribution in [1.29, 1.82) is 0 Å². The van der Waals surface area contributed by atoms with Gasteiger partial charge in [0.2, 0.25) is 0 Å². The third-order valence-electron chi connectivity index (χ3n) is 4.36. The van der Waals surface area contributed by atoms with Gasteiger partial charge in [0, 0.05) is 15.8 Å². The lowest BCUT2D eigenvalue weighted by Gasteiger charge is -2.12. The van der Waals surface area contributed by atoms with E-state index in [1.54, 1.807) is 48.5 Å². The van der Waals surface area contributed by atoms with Crippen LogP contribution in [-0.2, 0) is 14.3 Å². The fraction of sp³-hybridized carbons (Fsp3) is 0.125. The molecule has 2 N–H and O–H groups in total. The quantitative estimate of drug-likeness (QED) is 0.369. The summed E-state index contributed by atoms with van der Waals surface area (Å²) in [5, 5.41) is 5.60. The first kappa shape index (κ1) is 25.1. The normalized spacial score (nSPS) is 10.2. The first-order valence-corrected chi connectivity index (χ1v) is 11.1. The van der Waals surface area contributed by atoms with Crippen LogP contribution in [0.3, 0.4) is 0 Å². The van der Waals surface area contributed by atoms with Crippen LogP contribution in [0, 0.1) is 0 Å². The van der Waals surface area contributed by atoms with Crippen LogP contribution in [0.4, 0.5) is 11.4 Å². The molecule has 0 heterocycles. The van der Waals surface area contributed by atoms with E-state index < -0.39 is 24.4 Å². The largest absolute Gasteiger partial charge is 0.495 e. The van der Waals surface area contributed by atoms with Crippen LogP contribution in [-0.4, -0.2) is 38.1 Å². The number of benzene rings is 3. The lowest BCUT2D eigenvalue weighted by atomic mass is 10.2. The van der Waals surface area contributed by atoms with Gasteiger partial charge in [-0.05, 0) is 54.6 Å². The van der Waals surface area contributed by atoms with Crippen LogP contribution in [0.1, 0.15) is 10.4 Å². The fourth-order valence-corrected chi connectivity index (χ4v) is 3.31. The molecular formula is C24H20BrClN2O6. The molecule has 0 atom stereocenters. The number of esters is 1. The number of ether oxygens (including phenoxy) is 3. The summed E-state index contributed by atoms with van der Waals surface area (Å²) >= 11 is 9.36. The van der Waals surface area contributed by atoms with Crippen molar-refractivity contribution in [2.24, 2.45) is 0 Å². The number of nitrogens with one attached hydrogen (secondary N) is 2. The Hall–Kier alpha value is -3.56. The van der Waals surface area contributed by atoms with Crippen molar-refractivity contribution < 1.29 is 28.6 Å². The zero-order valence-electron chi connectivity index (χ0n) is 18.0. The van der Waals surface area contributed by atoms with Crippen molar-refractivity contribution in [2.75, 3.05) is 31.0 Å². The molecule has 0 fully saturated rings. The molecule has 0 radical (unpaired) electrons. The Labute approximate surface area is 209 Å². The summed E-state index contributed by atoms with van der Waals surface area (Å²) in [4.78, 5) is 36.8. The molecule has 3 rings (SSSR count). The lowest BCUT2D eigenvalue weighted by molar-refractivity contribution is -0.119. The average Bonchev–Trinajstić information content (AvgIpc) is 2.83. The highest BCUT2D eigenvalue weighted by Crippen LogP contribution is 2.27. The molecule has 0 saturated carbocycles. The van der Waals surface area contributed by atoms with Gasteiger partial charge in [-0.15, -0.1) is 0 Å². The predicted octanol–water partition coefficient (Wildman–Crippen LogP) is 4.92. The molecule has 0 aromatic heterocycles. The summed E-state index contributed by atoms with van der Waals surface area (Å²) in [7, 11) is 1.48. The first-order valence-electron chi connectivity index (χ1n) is 9.93. The van der Waals surface area contributed by atoms with Gasteiger partial charge in [0.25, 0.3) is 11.8 Å². The summed E-state index contributed by atoms with van der Waals surface area (Å²) in [6, 6.07) is 18.1. The highest BCUT2D eigenvalue weighted by molar-refractivity contribution is 9.10. The van der Waals surface area contributed by atoms with Crippen LogP contribution in [0.5, 0.6) is 11.5 Å². The first-order chi connectivity index (χ1) is 16.4. The number of methoxy groups -OCH3 is 1. The Morgan fingerprint density at radius 2 is 1.50 bits per heavy atom. The minimum absolute atomic E-state index is 0.0826. The molecule has 0 aliphatic rings. The number of carbonyl (C=O) groups excluding carboxylic acids is 3. The number of hydrogen-bond donors (Lipinski definition) is 2. The second kappa shape index (κ2) is 12.1. The van der Waals surface area contributed by atoms with Gasteiger partial charge in [-0.3, -0.25) is 9.59 Å². The maximum atomic E-state index is 12.5. The van der Waals surface area contributed by atoms with Crippen LogP contribution >= 0.6 is 27.5 Å². The molecule has 10 heteroatoms. The predicted molar refractivity (Wildman–Crippen MR) is 132 cm³/mol. The Kier molecular flexibility index (Phi) is 8.89. The van der Waals surface area contributed by atoms with Gasteiger partial charge < -0.3 is 24.8 Å². The third-order valence-corrected chi connectivity index (χ3v) is 5.19. The Morgan fingerprint density at radius 3 is 2.21 bits per heavy atom. The van der Waals surface area contributed by atoms with Crippen LogP contribution in [0.2, 0.25) is 5.02 Å². The van der Waals surface area contributed by atoms with Gasteiger partial charge in [-0.1, -0.05) is 39.7 Å². The van der Waals surface area contributed by atoms with Gasteiger partial charge in [0.15, 0.2) is 13.2 Å². The minimum atomic E-state index is -0.771. The molecule has 0 unspecified atom stereocenters. The minimum Gasteiger partial charge on any atom is -0.495 e.